The first kappa shape index (κ1) is 13.8. The fourth-order valence-electron chi connectivity index (χ4n) is 3.62. The Balaban J connectivity index is 1.73. The third kappa shape index (κ3) is 2.68. The highest BCUT2D eigenvalue weighted by molar-refractivity contribution is 5.86. The number of nitrogens with zero attached hydrogens (tertiary/aromatic N) is 2. The van der Waals surface area contributed by atoms with Crippen molar-refractivity contribution in [3.63, 3.8) is 0 Å². The van der Waals surface area contributed by atoms with Crippen molar-refractivity contribution in [1.29, 1.82) is 0 Å². The summed E-state index contributed by atoms with van der Waals surface area (Å²) in [5.74, 6) is -0.366. The molecule has 1 aromatic rings. The molecule has 3 rings (SSSR count). The summed E-state index contributed by atoms with van der Waals surface area (Å²) in [6.45, 7) is 0. The van der Waals surface area contributed by atoms with Crippen molar-refractivity contribution in [3.8, 4) is 6.01 Å². The highest BCUT2D eigenvalue weighted by atomic mass is 16.5. The molecule has 2 aliphatic carbocycles. The van der Waals surface area contributed by atoms with Gasteiger partial charge in [0, 0.05) is 18.3 Å². The van der Waals surface area contributed by atoms with Gasteiger partial charge in [0.2, 0.25) is 0 Å². The van der Waals surface area contributed by atoms with Gasteiger partial charge < -0.3 is 15.6 Å². The van der Waals surface area contributed by atoms with Crippen LogP contribution in [0.2, 0.25) is 0 Å². The van der Waals surface area contributed by atoms with Crippen LogP contribution in [-0.2, 0) is 4.79 Å². The Morgan fingerprint density at radius 3 is 2.48 bits per heavy atom. The molecule has 21 heavy (non-hydrogen) atoms. The van der Waals surface area contributed by atoms with E-state index in [1.54, 1.807) is 0 Å². The van der Waals surface area contributed by atoms with Crippen molar-refractivity contribution in [2.45, 2.75) is 31.8 Å². The molecule has 2 bridgehead atoms. The summed E-state index contributed by atoms with van der Waals surface area (Å²) < 4.78 is 5.56. The number of aromatic nitrogens is 2. The SMILES string of the molecule is NC(=O)C(Oc1ncc(C(=O)O)cn1)C1CC2CCC1C2. The largest absolute Gasteiger partial charge is 0.478 e. The molecule has 4 unspecified atom stereocenters. The molecule has 1 amide bonds. The molecule has 1 heterocycles. The lowest BCUT2D eigenvalue weighted by molar-refractivity contribution is -0.128. The molecule has 7 heteroatoms. The Morgan fingerprint density at radius 2 is 2.00 bits per heavy atom. The zero-order chi connectivity index (χ0) is 15.0. The minimum absolute atomic E-state index is 0.00780. The number of hydrogen-bond donors (Lipinski definition) is 2. The second-order valence-corrected chi connectivity index (χ2v) is 5.84. The van der Waals surface area contributed by atoms with Gasteiger partial charge in [0.05, 0.1) is 5.56 Å². The van der Waals surface area contributed by atoms with Crippen molar-refractivity contribution in [3.05, 3.63) is 18.0 Å². The van der Waals surface area contributed by atoms with Crippen LogP contribution in [-0.4, -0.2) is 33.1 Å². The maximum absolute atomic E-state index is 11.7. The van der Waals surface area contributed by atoms with Gasteiger partial charge in [0.1, 0.15) is 0 Å². The lowest BCUT2D eigenvalue weighted by Crippen LogP contribution is -2.42. The summed E-state index contributed by atoms with van der Waals surface area (Å²) in [5.41, 5.74) is 5.43. The first-order chi connectivity index (χ1) is 10.0. The third-order valence-corrected chi connectivity index (χ3v) is 4.57. The number of hydrogen-bond acceptors (Lipinski definition) is 5. The van der Waals surface area contributed by atoms with Gasteiger partial charge in [0.25, 0.3) is 5.91 Å². The van der Waals surface area contributed by atoms with Crippen LogP contribution in [0.3, 0.4) is 0 Å². The summed E-state index contributed by atoms with van der Waals surface area (Å²) in [6, 6.07) is -0.00780. The second kappa shape index (κ2) is 5.31. The fourth-order valence-corrected chi connectivity index (χ4v) is 3.62. The molecule has 112 valence electrons. The number of nitrogens with two attached hydrogens (primary N) is 1. The fraction of sp³-hybridized carbons (Fsp3) is 0.571. The molecule has 0 spiro atoms. The van der Waals surface area contributed by atoms with Crippen LogP contribution in [0.25, 0.3) is 0 Å². The monoisotopic (exact) mass is 291 g/mol. The molecule has 3 N–H and O–H groups in total. The van der Waals surface area contributed by atoms with Gasteiger partial charge in [0.15, 0.2) is 6.10 Å². The Labute approximate surface area is 121 Å². The number of rotatable bonds is 5. The van der Waals surface area contributed by atoms with Crippen LogP contribution in [0.5, 0.6) is 6.01 Å². The van der Waals surface area contributed by atoms with E-state index >= 15 is 0 Å². The van der Waals surface area contributed by atoms with E-state index in [2.05, 4.69) is 9.97 Å². The number of amides is 1. The summed E-state index contributed by atoms with van der Waals surface area (Å²) in [7, 11) is 0. The molecule has 0 saturated heterocycles. The zero-order valence-electron chi connectivity index (χ0n) is 11.4. The highest BCUT2D eigenvalue weighted by Crippen LogP contribution is 2.49. The van der Waals surface area contributed by atoms with E-state index in [0.717, 1.165) is 31.7 Å². The van der Waals surface area contributed by atoms with Gasteiger partial charge in [-0.1, -0.05) is 6.42 Å². The molecule has 7 nitrogen and oxygen atoms in total. The van der Waals surface area contributed by atoms with E-state index in [4.69, 9.17) is 15.6 Å². The Bertz CT molecular complexity index is 560. The topological polar surface area (TPSA) is 115 Å². The standard InChI is InChI=1S/C14H17N3O4/c15-12(18)11(10-4-7-1-2-8(10)3-7)21-14-16-5-9(6-17-14)13(19)20/h5-8,10-11H,1-4H2,(H2,15,18)(H,19,20). The van der Waals surface area contributed by atoms with E-state index in [1.807, 2.05) is 0 Å². The van der Waals surface area contributed by atoms with Crippen molar-refractivity contribution in [1.82, 2.24) is 9.97 Å². The van der Waals surface area contributed by atoms with Gasteiger partial charge in [-0.25, -0.2) is 14.8 Å². The molecule has 2 fully saturated rings. The number of aromatic carboxylic acids is 1. The van der Waals surface area contributed by atoms with Crippen LogP contribution in [0.1, 0.15) is 36.0 Å². The molecular formula is C14H17N3O4. The zero-order valence-corrected chi connectivity index (χ0v) is 11.4. The quantitative estimate of drug-likeness (QED) is 0.830. The Hall–Kier alpha value is -2.18. The van der Waals surface area contributed by atoms with Crippen LogP contribution < -0.4 is 10.5 Å². The average molecular weight is 291 g/mol. The van der Waals surface area contributed by atoms with Gasteiger partial charge >= 0.3 is 12.0 Å². The molecule has 0 aliphatic heterocycles. The second-order valence-electron chi connectivity index (χ2n) is 5.84. The lowest BCUT2D eigenvalue weighted by Gasteiger charge is -2.27. The average Bonchev–Trinajstić information content (AvgIpc) is 3.07. The number of carbonyl (C=O) groups excluding carboxylic acids is 1. The predicted molar refractivity (Wildman–Crippen MR) is 71.5 cm³/mol. The van der Waals surface area contributed by atoms with Gasteiger partial charge in [-0.05, 0) is 31.1 Å². The van der Waals surface area contributed by atoms with Crippen LogP contribution >= 0.6 is 0 Å². The van der Waals surface area contributed by atoms with E-state index in [1.165, 1.54) is 6.42 Å². The molecular weight excluding hydrogens is 274 g/mol. The number of ether oxygens (including phenoxy) is 1. The predicted octanol–water partition coefficient (Wildman–Crippen LogP) is 0.844. The first-order valence-electron chi connectivity index (χ1n) is 7.06. The van der Waals surface area contributed by atoms with Crippen LogP contribution in [0, 0.1) is 17.8 Å². The molecule has 0 radical (unpaired) electrons. The van der Waals surface area contributed by atoms with E-state index in [0.29, 0.717) is 11.8 Å². The van der Waals surface area contributed by atoms with E-state index in [-0.39, 0.29) is 17.5 Å². The van der Waals surface area contributed by atoms with Gasteiger partial charge in [-0.3, -0.25) is 4.79 Å². The molecule has 2 aliphatic rings. The Kier molecular flexibility index (Phi) is 3.48. The molecule has 4 atom stereocenters. The number of fused-ring (bicyclic) bond motifs is 2. The molecule has 2 saturated carbocycles. The molecule has 0 aromatic carbocycles. The molecule has 1 aromatic heterocycles. The maximum atomic E-state index is 11.7. The van der Waals surface area contributed by atoms with Crippen LogP contribution in [0.15, 0.2) is 12.4 Å². The third-order valence-electron chi connectivity index (χ3n) is 4.57. The van der Waals surface area contributed by atoms with E-state index < -0.39 is 18.0 Å². The normalized spacial score (nSPS) is 28.3. The number of carboxylic acids is 1. The van der Waals surface area contributed by atoms with Crippen LogP contribution in [0.4, 0.5) is 0 Å². The van der Waals surface area contributed by atoms with Crippen molar-refractivity contribution in [2.24, 2.45) is 23.5 Å². The van der Waals surface area contributed by atoms with Crippen molar-refractivity contribution < 1.29 is 19.4 Å². The summed E-state index contributed by atoms with van der Waals surface area (Å²) >= 11 is 0. The summed E-state index contributed by atoms with van der Waals surface area (Å²) in [5, 5.41) is 8.79. The summed E-state index contributed by atoms with van der Waals surface area (Å²) in [6.07, 6.45) is 5.99. The summed E-state index contributed by atoms with van der Waals surface area (Å²) in [4.78, 5) is 30.1. The first-order valence-corrected chi connectivity index (χ1v) is 7.06. The van der Waals surface area contributed by atoms with E-state index in [9.17, 15) is 9.59 Å². The Morgan fingerprint density at radius 1 is 1.29 bits per heavy atom. The minimum Gasteiger partial charge on any atom is -0.478 e. The highest BCUT2D eigenvalue weighted by Gasteiger charge is 2.46. The maximum Gasteiger partial charge on any atom is 0.338 e. The van der Waals surface area contributed by atoms with Crippen molar-refractivity contribution in [2.75, 3.05) is 0 Å². The smallest absolute Gasteiger partial charge is 0.338 e. The minimum atomic E-state index is -1.11. The lowest BCUT2D eigenvalue weighted by atomic mass is 9.84. The van der Waals surface area contributed by atoms with Crippen molar-refractivity contribution >= 4 is 11.9 Å². The van der Waals surface area contributed by atoms with Gasteiger partial charge in [-0.2, -0.15) is 0 Å². The number of carboxylic acid groups (broad SMARTS) is 1. The number of carbonyl (C=O) groups is 2. The number of primary amides is 1. The van der Waals surface area contributed by atoms with Gasteiger partial charge in [-0.15, -0.1) is 0 Å².